The fraction of sp³-hybridized carbons (Fsp3) is 0.200. The van der Waals surface area contributed by atoms with Crippen molar-refractivity contribution in [3.63, 3.8) is 0 Å². The van der Waals surface area contributed by atoms with Gasteiger partial charge < -0.3 is 15.1 Å². The van der Waals surface area contributed by atoms with E-state index in [1.165, 1.54) is 6.07 Å². The highest BCUT2D eigenvalue weighted by Crippen LogP contribution is 2.28. The van der Waals surface area contributed by atoms with Crippen molar-refractivity contribution < 1.29 is 29.6 Å². The highest BCUT2D eigenvalue weighted by atomic mass is 17.2. The van der Waals surface area contributed by atoms with Gasteiger partial charge in [-0.2, -0.15) is 4.89 Å². The van der Waals surface area contributed by atoms with Crippen molar-refractivity contribution in [2.24, 2.45) is 0 Å². The Hall–Kier alpha value is -3.12. The van der Waals surface area contributed by atoms with Crippen LogP contribution in [0.2, 0.25) is 0 Å². The summed E-state index contributed by atoms with van der Waals surface area (Å²) in [6.45, 7) is 5.16. The second-order valence-electron chi connectivity index (χ2n) is 6.23. The zero-order valence-electron chi connectivity index (χ0n) is 14.7. The highest BCUT2D eigenvalue weighted by molar-refractivity contribution is 6.21. The van der Waals surface area contributed by atoms with Crippen molar-refractivity contribution in [3.05, 3.63) is 77.0 Å². The van der Waals surface area contributed by atoms with Gasteiger partial charge in [-0.15, -0.1) is 0 Å². The van der Waals surface area contributed by atoms with Crippen LogP contribution in [-0.2, 0) is 25.0 Å². The predicted octanol–water partition coefficient (Wildman–Crippen LogP) is 3.76. The fourth-order valence-electron chi connectivity index (χ4n) is 2.37. The Morgan fingerprint density at radius 2 is 1.58 bits per heavy atom. The zero-order chi connectivity index (χ0) is 19.3. The first kappa shape index (κ1) is 19.2. The monoisotopic (exact) mass is 356 g/mol. The van der Waals surface area contributed by atoms with Crippen LogP contribution >= 0.6 is 0 Å². The van der Waals surface area contributed by atoms with E-state index in [4.69, 9.17) is 9.78 Å². The highest BCUT2D eigenvalue weighted by Gasteiger charge is 2.29. The SMILES string of the molecule is Cc1cccc(/C(C(=O)O)=C(/OOC(C)(C)c2ccccc2)C(=O)O)c1. The predicted molar refractivity (Wildman–Crippen MR) is 95.0 cm³/mol. The fourth-order valence-corrected chi connectivity index (χ4v) is 2.37. The number of hydrogen-bond donors (Lipinski definition) is 2. The number of hydrogen-bond acceptors (Lipinski definition) is 4. The smallest absolute Gasteiger partial charge is 0.376 e. The largest absolute Gasteiger partial charge is 0.478 e. The average molecular weight is 356 g/mol. The van der Waals surface area contributed by atoms with Gasteiger partial charge in [-0.05, 0) is 31.9 Å². The number of carbonyl (C=O) groups is 2. The zero-order valence-corrected chi connectivity index (χ0v) is 14.7. The van der Waals surface area contributed by atoms with Gasteiger partial charge in [-0.3, -0.25) is 0 Å². The van der Waals surface area contributed by atoms with Crippen molar-refractivity contribution in [2.75, 3.05) is 0 Å². The van der Waals surface area contributed by atoms with Gasteiger partial charge in [0, 0.05) is 0 Å². The lowest BCUT2D eigenvalue weighted by Gasteiger charge is -2.24. The topological polar surface area (TPSA) is 93.1 Å². The van der Waals surface area contributed by atoms with Crippen molar-refractivity contribution in [1.29, 1.82) is 0 Å². The molecule has 0 saturated carbocycles. The molecule has 2 rings (SSSR count). The van der Waals surface area contributed by atoms with Crippen LogP contribution in [0.25, 0.3) is 5.57 Å². The van der Waals surface area contributed by atoms with Gasteiger partial charge in [0.25, 0.3) is 5.76 Å². The van der Waals surface area contributed by atoms with E-state index in [2.05, 4.69) is 0 Å². The number of rotatable bonds is 7. The molecule has 2 N–H and O–H groups in total. The van der Waals surface area contributed by atoms with Gasteiger partial charge in [-0.25, -0.2) is 9.59 Å². The summed E-state index contributed by atoms with van der Waals surface area (Å²) in [5.41, 5.74) is 0.285. The third kappa shape index (κ3) is 4.49. The van der Waals surface area contributed by atoms with E-state index in [1.54, 1.807) is 51.1 Å². The first-order valence-corrected chi connectivity index (χ1v) is 7.91. The molecule has 0 saturated heterocycles. The molecule has 0 fully saturated rings. The van der Waals surface area contributed by atoms with Gasteiger partial charge in [0.05, 0.1) is 0 Å². The molecule has 0 bridgehead atoms. The standard InChI is InChI=1S/C20H20O6/c1-13-8-7-9-14(12-13)16(18(21)22)17(19(23)24)25-26-20(2,3)15-10-5-4-6-11-15/h4-12H,1-3H3,(H,21,22)(H,23,24)/b17-16-. The molecule has 2 aromatic carbocycles. The molecular weight excluding hydrogens is 336 g/mol. The minimum atomic E-state index is -1.53. The van der Waals surface area contributed by atoms with Crippen molar-refractivity contribution in [2.45, 2.75) is 26.4 Å². The lowest BCUT2D eigenvalue weighted by Crippen LogP contribution is -2.24. The van der Waals surface area contributed by atoms with Crippen LogP contribution in [0.3, 0.4) is 0 Å². The Balaban J connectivity index is 2.41. The third-order valence-electron chi connectivity index (χ3n) is 3.74. The number of aliphatic carboxylic acids is 2. The molecule has 6 heteroatoms. The Morgan fingerprint density at radius 3 is 2.12 bits per heavy atom. The molecule has 0 radical (unpaired) electrons. The normalized spacial score (nSPS) is 12.3. The van der Waals surface area contributed by atoms with Crippen LogP contribution in [-0.4, -0.2) is 22.2 Å². The summed E-state index contributed by atoms with van der Waals surface area (Å²) in [5, 5.41) is 19.0. The summed E-state index contributed by atoms with van der Waals surface area (Å²) >= 11 is 0. The first-order valence-electron chi connectivity index (χ1n) is 7.91. The molecule has 26 heavy (non-hydrogen) atoms. The van der Waals surface area contributed by atoms with E-state index in [0.717, 1.165) is 11.1 Å². The summed E-state index contributed by atoms with van der Waals surface area (Å²) in [4.78, 5) is 33.7. The van der Waals surface area contributed by atoms with Crippen LogP contribution in [0.15, 0.2) is 60.4 Å². The minimum absolute atomic E-state index is 0.219. The Labute approximate surface area is 151 Å². The molecule has 0 aromatic heterocycles. The van der Waals surface area contributed by atoms with Gasteiger partial charge in [0.1, 0.15) is 11.2 Å². The number of carboxylic acid groups (broad SMARTS) is 2. The quantitative estimate of drug-likeness (QED) is 0.340. The molecule has 0 atom stereocenters. The maximum Gasteiger partial charge on any atom is 0.376 e. The first-order chi connectivity index (χ1) is 12.2. The molecule has 2 aromatic rings. The van der Waals surface area contributed by atoms with E-state index in [1.807, 2.05) is 18.2 Å². The maximum atomic E-state index is 11.7. The summed E-state index contributed by atoms with van der Waals surface area (Å²) in [7, 11) is 0. The van der Waals surface area contributed by atoms with Crippen LogP contribution < -0.4 is 0 Å². The van der Waals surface area contributed by atoms with E-state index < -0.39 is 28.9 Å². The van der Waals surface area contributed by atoms with Crippen molar-refractivity contribution in [3.8, 4) is 0 Å². The summed E-state index contributed by atoms with van der Waals surface area (Å²) in [6.07, 6.45) is 0. The maximum absolute atomic E-state index is 11.7. The van der Waals surface area contributed by atoms with Gasteiger partial charge in [0.2, 0.25) is 0 Å². The van der Waals surface area contributed by atoms with E-state index in [-0.39, 0.29) is 5.56 Å². The second kappa shape index (κ2) is 7.84. The Kier molecular flexibility index (Phi) is 5.79. The third-order valence-corrected chi connectivity index (χ3v) is 3.74. The van der Waals surface area contributed by atoms with Crippen molar-refractivity contribution in [1.82, 2.24) is 0 Å². The number of carboxylic acids is 2. The molecule has 136 valence electrons. The Bertz CT molecular complexity index is 836. The molecule has 0 aliphatic carbocycles. The lowest BCUT2D eigenvalue weighted by atomic mass is 9.99. The van der Waals surface area contributed by atoms with Gasteiger partial charge in [0.15, 0.2) is 0 Å². The van der Waals surface area contributed by atoms with Gasteiger partial charge >= 0.3 is 11.9 Å². The molecule has 0 amide bonds. The Morgan fingerprint density at radius 1 is 0.923 bits per heavy atom. The second-order valence-corrected chi connectivity index (χ2v) is 6.23. The summed E-state index contributed by atoms with van der Waals surface area (Å²) in [6, 6.07) is 15.5. The number of aryl methyl sites for hydroxylation is 1. The van der Waals surface area contributed by atoms with E-state index in [9.17, 15) is 19.8 Å². The van der Waals surface area contributed by atoms with Gasteiger partial charge in [-0.1, -0.05) is 60.2 Å². The minimum Gasteiger partial charge on any atom is -0.478 e. The molecule has 0 heterocycles. The molecule has 0 aliphatic heterocycles. The molecular formula is C20H20O6. The van der Waals surface area contributed by atoms with Crippen LogP contribution in [0.4, 0.5) is 0 Å². The van der Waals surface area contributed by atoms with Crippen LogP contribution in [0.1, 0.15) is 30.5 Å². The van der Waals surface area contributed by atoms with Crippen molar-refractivity contribution >= 4 is 17.5 Å². The molecule has 0 spiro atoms. The molecule has 6 nitrogen and oxygen atoms in total. The summed E-state index contributed by atoms with van der Waals surface area (Å²) in [5.74, 6) is -3.74. The number of benzene rings is 2. The lowest BCUT2D eigenvalue weighted by molar-refractivity contribution is -0.330. The summed E-state index contributed by atoms with van der Waals surface area (Å²) < 4.78 is 0. The van der Waals surface area contributed by atoms with Crippen LogP contribution in [0, 0.1) is 6.92 Å². The molecule has 0 unspecified atom stereocenters. The van der Waals surface area contributed by atoms with Crippen LogP contribution in [0.5, 0.6) is 0 Å². The average Bonchev–Trinajstić information content (AvgIpc) is 2.58. The molecule has 0 aliphatic rings. The van der Waals surface area contributed by atoms with E-state index in [0.29, 0.717) is 0 Å². The van der Waals surface area contributed by atoms with E-state index >= 15 is 0 Å².